The molecule has 0 aromatic heterocycles. The lowest BCUT2D eigenvalue weighted by Crippen LogP contribution is -2.44. The van der Waals surface area contributed by atoms with Crippen LogP contribution in [-0.4, -0.2) is 36.3 Å². The maximum absolute atomic E-state index is 12.4. The summed E-state index contributed by atoms with van der Waals surface area (Å²) < 4.78 is 17.8. The second-order valence-electron chi connectivity index (χ2n) is 4.75. The summed E-state index contributed by atoms with van der Waals surface area (Å²) in [5, 5.41) is 10.7. The minimum atomic E-state index is -1.54. The standard InChI is InChI=1S/C15H20FNO4/c1-3-10(2)11-6-4-5-7-13(11)21-9-14(18)17-12(8-16)15(19)20/h4-7,10,12H,3,8-9H2,1-2H3,(H,17,18)(H,19,20). The maximum atomic E-state index is 12.4. The van der Waals surface area contributed by atoms with Gasteiger partial charge in [-0.1, -0.05) is 32.0 Å². The van der Waals surface area contributed by atoms with E-state index in [9.17, 15) is 14.0 Å². The van der Waals surface area contributed by atoms with Gasteiger partial charge in [-0.05, 0) is 24.0 Å². The average molecular weight is 297 g/mol. The van der Waals surface area contributed by atoms with Crippen molar-refractivity contribution in [2.75, 3.05) is 13.3 Å². The molecule has 116 valence electrons. The zero-order valence-corrected chi connectivity index (χ0v) is 12.1. The molecule has 2 N–H and O–H groups in total. The van der Waals surface area contributed by atoms with E-state index in [1.54, 1.807) is 12.1 Å². The summed E-state index contributed by atoms with van der Waals surface area (Å²) in [7, 11) is 0. The lowest BCUT2D eigenvalue weighted by Gasteiger charge is -2.16. The number of rotatable bonds is 8. The number of para-hydroxylation sites is 1. The molecule has 0 aliphatic heterocycles. The van der Waals surface area contributed by atoms with E-state index >= 15 is 0 Å². The normalized spacial score (nSPS) is 13.3. The molecule has 1 aromatic rings. The Hall–Kier alpha value is -2.11. The van der Waals surface area contributed by atoms with Crippen molar-refractivity contribution < 1.29 is 23.8 Å². The molecule has 0 bridgehead atoms. The number of alkyl halides is 1. The minimum Gasteiger partial charge on any atom is -0.483 e. The van der Waals surface area contributed by atoms with E-state index in [0.717, 1.165) is 12.0 Å². The molecule has 2 unspecified atom stereocenters. The number of hydrogen-bond donors (Lipinski definition) is 2. The highest BCUT2D eigenvalue weighted by atomic mass is 19.1. The lowest BCUT2D eigenvalue weighted by atomic mass is 9.98. The van der Waals surface area contributed by atoms with Crippen molar-refractivity contribution in [1.29, 1.82) is 0 Å². The van der Waals surface area contributed by atoms with Crippen molar-refractivity contribution in [3.63, 3.8) is 0 Å². The highest BCUT2D eigenvalue weighted by molar-refractivity contribution is 5.84. The van der Waals surface area contributed by atoms with Gasteiger partial charge < -0.3 is 15.2 Å². The Morgan fingerprint density at radius 2 is 2.05 bits per heavy atom. The molecular weight excluding hydrogens is 277 g/mol. The third-order valence-electron chi connectivity index (χ3n) is 3.21. The summed E-state index contributed by atoms with van der Waals surface area (Å²) in [5.41, 5.74) is 0.980. The largest absolute Gasteiger partial charge is 0.483 e. The van der Waals surface area contributed by atoms with Gasteiger partial charge in [-0.25, -0.2) is 9.18 Å². The van der Waals surface area contributed by atoms with Crippen LogP contribution in [0.5, 0.6) is 5.75 Å². The summed E-state index contributed by atoms with van der Waals surface area (Å²) in [6.07, 6.45) is 0.926. The van der Waals surface area contributed by atoms with Gasteiger partial charge in [-0.15, -0.1) is 0 Å². The number of halogens is 1. The smallest absolute Gasteiger partial charge is 0.328 e. The van der Waals surface area contributed by atoms with Crippen LogP contribution in [0.4, 0.5) is 4.39 Å². The van der Waals surface area contributed by atoms with E-state index in [-0.39, 0.29) is 12.5 Å². The molecular formula is C15H20FNO4. The third kappa shape index (κ3) is 5.06. The van der Waals surface area contributed by atoms with Gasteiger partial charge >= 0.3 is 5.97 Å². The Labute approximate surface area is 123 Å². The van der Waals surface area contributed by atoms with Gasteiger partial charge in [0.2, 0.25) is 0 Å². The molecule has 0 aliphatic rings. The molecule has 0 spiro atoms. The number of ether oxygens (including phenoxy) is 1. The third-order valence-corrected chi connectivity index (χ3v) is 3.21. The van der Waals surface area contributed by atoms with Crippen LogP contribution in [0.25, 0.3) is 0 Å². The van der Waals surface area contributed by atoms with Crippen molar-refractivity contribution in [3.8, 4) is 5.75 Å². The van der Waals surface area contributed by atoms with Crippen LogP contribution in [0, 0.1) is 0 Å². The van der Waals surface area contributed by atoms with E-state index in [4.69, 9.17) is 9.84 Å². The molecule has 1 aromatic carbocycles. The molecule has 1 amide bonds. The van der Waals surface area contributed by atoms with E-state index in [1.807, 2.05) is 26.0 Å². The molecule has 0 saturated carbocycles. The predicted octanol–water partition coefficient (Wildman–Crippen LogP) is 2.12. The number of aliphatic carboxylic acids is 1. The number of hydrogen-bond acceptors (Lipinski definition) is 3. The zero-order valence-electron chi connectivity index (χ0n) is 12.1. The summed E-state index contributed by atoms with van der Waals surface area (Å²) in [6.45, 7) is 2.58. The number of carboxylic acid groups (broad SMARTS) is 1. The molecule has 21 heavy (non-hydrogen) atoms. The summed E-state index contributed by atoms with van der Waals surface area (Å²) >= 11 is 0. The number of carbonyl (C=O) groups excluding carboxylic acids is 1. The molecule has 6 heteroatoms. The quantitative estimate of drug-likeness (QED) is 0.770. The summed E-state index contributed by atoms with van der Waals surface area (Å²) in [5.74, 6) is -1.22. The van der Waals surface area contributed by atoms with Gasteiger partial charge in [0.25, 0.3) is 5.91 Å². The second-order valence-corrected chi connectivity index (χ2v) is 4.75. The molecule has 0 aliphatic carbocycles. The SMILES string of the molecule is CCC(C)c1ccccc1OCC(=O)NC(CF)C(=O)O. The van der Waals surface area contributed by atoms with Gasteiger partial charge in [-0.2, -0.15) is 0 Å². The molecule has 2 atom stereocenters. The Bertz CT molecular complexity index is 492. The Balaban J connectivity index is 2.63. The van der Waals surface area contributed by atoms with E-state index < -0.39 is 24.6 Å². The van der Waals surface area contributed by atoms with Crippen LogP contribution in [0.1, 0.15) is 31.7 Å². The topological polar surface area (TPSA) is 75.6 Å². The molecule has 0 radical (unpaired) electrons. The Kier molecular flexibility index (Phi) is 6.65. The molecule has 0 heterocycles. The van der Waals surface area contributed by atoms with Gasteiger partial charge in [0.05, 0.1) is 0 Å². The fourth-order valence-corrected chi connectivity index (χ4v) is 1.78. The fourth-order valence-electron chi connectivity index (χ4n) is 1.78. The fraction of sp³-hybridized carbons (Fsp3) is 0.467. The minimum absolute atomic E-state index is 0.280. The Morgan fingerprint density at radius 3 is 2.62 bits per heavy atom. The molecule has 5 nitrogen and oxygen atoms in total. The Morgan fingerprint density at radius 1 is 1.38 bits per heavy atom. The molecule has 1 rings (SSSR count). The van der Waals surface area contributed by atoms with Gasteiger partial charge in [0, 0.05) is 0 Å². The van der Waals surface area contributed by atoms with Gasteiger partial charge in [0.15, 0.2) is 12.6 Å². The van der Waals surface area contributed by atoms with Crippen molar-refractivity contribution in [2.45, 2.75) is 32.2 Å². The maximum Gasteiger partial charge on any atom is 0.328 e. The summed E-state index contributed by atoms with van der Waals surface area (Å²) in [6, 6.07) is 5.81. The van der Waals surface area contributed by atoms with Crippen LogP contribution < -0.4 is 10.1 Å². The highest BCUT2D eigenvalue weighted by Gasteiger charge is 2.20. The van der Waals surface area contributed by atoms with Gasteiger partial charge in [-0.3, -0.25) is 4.79 Å². The highest BCUT2D eigenvalue weighted by Crippen LogP contribution is 2.28. The summed E-state index contributed by atoms with van der Waals surface area (Å²) in [4.78, 5) is 22.2. The van der Waals surface area contributed by atoms with Crippen LogP contribution in [0.15, 0.2) is 24.3 Å². The van der Waals surface area contributed by atoms with Crippen LogP contribution in [-0.2, 0) is 9.59 Å². The average Bonchev–Trinajstić information content (AvgIpc) is 2.49. The second kappa shape index (κ2) is 8.24. The number of carboxylic acids is 1. The zero-order chi connectivity index (χ0) is 15.8. The van der Waals surface area contributed by atoms with E-state index in [1.165, 1.54) is 0 Å². The molecule has 0 fully saturated rings. The van der Waals surface area contributed by atoms with Crippen molar-refractivity contribution in [2.24, 2.45) is 0 Å². The van der Waals surface area contributed by atoms with Crippen molar-refractivity contribution in [3.05, 3.63) is 29.8 Å². The lowest BCUT2D eigenvalue weighted by molar-refractivity contribution is -0.142. The van der Waals surface area contributed by atoms with Crippen molar-refractivity contribution >= 4 is 11.9 Å². The number of benzene rings is 1. The van der Waals surface area contributed by atoms with Crippen LogP contribution >= 0.6 is 0 Å². The van der Waals surface area contributed by atoms with E-state index in [2.05, 4.69) is 5.32 Å². The number of amides is 1. The van der Waals surface area contributed by atoms with Gasteiger partial charge in [0.1, 0.15) is 12.4 Å². The molecule has 0 saturated heterocycles. The first-order chi connectivity index (χ1) is 9.99. The first-order valence-electron chi connectivity index (χ1n) is 6.79. The van der Waals surface area contributed by atoms with Crippen molar-refractivity contribution in [1.82, 2.24) is 5.32 Å². The predicted molar refractivity (Wildman–Crippen MR) is 76.2 cm³/mol. The van der Waals surface area contributed by atoms with Crippen LogP contribution in [0.3, 0.4) is 0 Å². The first-order valence-corrected chi connectivity index (χ1v) is 6.79. The van der Waals surface area contributed by atoms with Crippen LogP contribution in [0.2, 0.25) is 0 Å². The monoisotopic (exact) mass is 297 g/mol. The number of carbonyl (C=O) groups is 2. The first kappa shape index (κ1) is 16.9. The number of nitrogens with one attached hydrogen (secondary N) is 1. The van der Waals surface area contributed by atoms with E-state index in [0.29, 0.717) is 5.75 Å².